The van der Waals surface area contributed by atoms with E-state index in [2.05, 4.69) is 22.3 Å². The fourth-order valence-corrected chi connectivity index (χ4v) is 4.02. The molecule has 25 heavy (non-hydrogen) atoms. The highest BCUT2D eigenvalue weighted by Crippen LogP contribution is 2.32. The molecular weight excluding hydrogens is 357 g/mol. The molecule has 0 spiro atoms. The summed E-state index contributed by atoms with van der Waals surface area (Å²) in [6.07, 6.45) is 7.15. The van der Waals surface area contributed by atoms with E-state index in [0.29, 0.717) is 12.5 Å². The van der Waals surface area contributed by atoms with Gasteiger partial charge in [0, 0.05) is 18.2 Å². The van der Waals surface area contributed by atoms with Gasteiger partial charge in [-0.1, -0.05) is 25.0 Å². The number of rotatable bonds is 5. The summed E-state index contributed by atoms with van der Waals surface area (Å²) in [5.74, 6) is 0.588. The Labute approximate surface area is 163 Å². The summed E-state index contributed by atoms with van der Waals surface area (Å²) in [5, 5.41) is 3.11. The second-order valence-corrected chi connectivity index (χ2v) is 7.06. The zero-order chi connectivity index (χ0) is 16.1. The minimum atomic E-state index is 0. The molecule has 3 rings (SSSR count). The predicted octanol–water partition coefficient (Wildman–Crippen LogP) is 3.83. The van der Waals surface area contributed by atoms with Crippen LogP contribution in [0.15, 0.2) is 24.3 Å². The average molecular weight is 388 g/mol. The third-order valence-corrected chi connectivity index (χ3v) is 5.35. The van der Waals surface area contributed by atoms with E-state index in [0.717, 1.165) is 31.5 Å². The van der Waals surface area contributed by atoms with E-state index in [-0.39, 0.29) is 36.6 Å². The molecule has 3 N–H and O–H groups in total. The number of likely N-dealkylation sites (tertiary alicyclic amines) is 1. The quantitative estimate of drug-likeness (QED) is 0.806. The number of nitrogens with zero attached hydrogens (tertiary/aromatic N) is 1. The monoisotopic (exact) mass is 387 g/mol. The van der Waals surface area contributed by atoms with E-state index in [1.165, 1.54) is 37.9 Å². The highest BCUT2D eigenvalue weighted by atomic mass is 35.5. The predicted molar refractivity (Wildman–Crippen MR) is 109 cm³/mol. The van der Waals surface area contributed by atoms with Crippen LogP contribution in [0, 0.1) is 11.8 Å². The first-order valence-electron chi connectivity index (χ1n) is 9.08. The van der Waals surface area contributed by atoms with Crippen LogP contribution >= 0.6 is 24.8 Å². The Balaban J connectivity index is 0.00000156. The number of carbonyl (C=O) groups is 1. The second kappa shape index (κ2) is 11.0. The molecule has 1 saturated carbocycles. The van der Waals surface area contributed by atoms with Gasteiger partial charge in [-0.15, -0.1) is 24.8 Å². The zero-order valence-corrected chi connectivity index (χ0v) is 16.4. The van der Waals surface area contributed by atoms with Crippen LogP contribution < -0.4 is 11.1 Å². The van der Waals surface area contributed by atoms with Gasteiger partial charge in [-0.05, 0) is 68.9 Å². The Bertz CT molecular complexity index is 535. The molecule has 2 aliphatic rings. The lowest BCUT2D eigenvalue weighted by Crippen LogP contribution is -2.30. The third-order valence-electron chi connectivity index (χ3n) is 5.35. The summed E-state index contributed by atoms with van der Waals surface area (Å²) in [5.41, 5.74) is 8.01. The molecule has 0 bridgehead atoms. The third kappa shape index (κ3) is 6.14. The van der Waals surface area contributed by atoms with Crippen LogP contribution in [0.1, 0.15) is 44.1 Å². The first kappa shape index (κ1) is 22.2. The van der Waals surface area contributed by atoms with Crippen molar-refractivity contribution in [3.63, 3.8) is 0 Å². The molecule has 1 amide bonds. The number of piperidine rings is 1. The van der Waals surface area contributed by atoms with Gasteiger partial charge in [-0.2, -0.15) is 0 Å². The van der Waals surface area contributed by atoms with Gasteiger partial charge in [0.1, 0.15) is 0 Å². The molecule has 0 aromatic heterocycles. The molecule has 1 heterocycles. The lowest BCUT2D eigenvalue weighted by Gasteiger charge is -2.26. The summed E-state index contributed by atoms with van der Waals surface area (Å²) in [6, 6.07) is 8.31. The van der Waals surface area contributed by atoms with Crippen LogP contribution in [-0.4, -0.2) is 30.4 Å². The summed E-state index contributed by atoms with van der Waals surface area (Å²) in [6.45, 7) is 3.99. The number of nitrogens with one attached hydrogen (secondary N) is 1. The second-order valence-electron chi connectivity index (χ2n) is 7.06. The normalized spacial score (nSPS) is 23.4. The lowest BCUT2D eigenvalue weighted by molar-refractivity contribution is -0.120. The van der Waals surface area contributed by atoms with Crippen molar-refractivity contribution in [3.8, 4) is 0 Å². The fourth-order valence-electron chi connectivity index (χ4n) is 4.02. The van der Waals surface area contributed by atoms with Gasteiger partial charge in [-0.3, -0.25) is 9.69 Å². The molecule has 1 aliphatic carbocycles. The number of halogens is 2. The number of benzene rings is 1. The molecule has 6 heteroatoms. The van der Waals surface area contributed by atoms with Crippen LogP contribution in [-0.2, 0) is 11.3 Å². The van der Waals surface area contributed by atoms with Gasteiger partial charge in [0.25, 0.3) is 0 Å². The zero-order valence-electron chi connectivity index (χ0n) is 14.8. The van der Waals surface area contributed by atoms with E-state index < -0.39 is 0 Å². The van der Waals surface area contributed by atoms with Crippen molar-refractivity contribution in [1.82, 2.24) is 4.90 Å². The molecule has 2 fully saturated rings. The lowest BCUT2D eigenvalue weighted by atomic mass is 9.95. The smallest absolute Gasteiger partial charge is 0.227 e. The molecule has 1 aliphatic heterocycles. The Kier molecular flexibility index (Phi) is 9.80. The standard InChI is InChI=1S/C19H29N3O.2ClH/c20-13-16-7-5-9-18(16)19(23)21-17-8-4-6-15(12-17)14-22-10-2-1-3-11-22;;/h4,6,8,12,16,18H,1-3,5,7,9-11,13-14,20H2,(H,21,23);2*1H/t16-,18-;;/m1../s1. The Morgan fingerprint density at radius 2 is 1.88 bits per heavy atom. The van der Waals surface area contributed by atoms with E-state index in [1.54, 1.807) is 0 Å². The number of amides is 1. The molecule has 0 radical (unpaired) electrons. The van der Waals surface area contributed by atoms with Crippen LogP contribution in [0.2, 0.25) is 0 Å². The molecule has 1 aromatic rings. The summed E-state index contributed by atoms with van der Waals surface area (Å²) >= 11 is 0. The van der Waals surface area contributed by atoms with Crippen molar-refractivity contribution in [2.24, 2.45) is 17.6 Å². The fraction of sp³-hybridized carbons (Fsp3) is 0.632. The molecule has 2 atom stereocenters. The summed E-state index contributed by atoms with van der Waals surface area (Å²) in [4.78, 5) is 15.0. The van der Waals surface area contributed by atoms with Crippen molar-refractivity contribution >= 4 is 36.4 Å². The van der Waals surface area contributed by atoms with Gasteiger partial charge < -0.3 is 11.1 Å². The number of hydrogen-bond acceptors (Lipinski definition) is 3. The van der Waals surface area contributed by atoms with E-state index in [4.69, 9.17) is 5.73 Å². The van der Waals surface area contributed by atoms with Gasteiger partial charge in [0.05, 0.1) is 0 Å². The number of nitrogens with two attached hydrogens (primary N) is 1. The van der Waals surface area contributed by atoms with Crippen molar-refractivity contribution in [2.45, 2.75) is 45.1 Å². The van der Waals surface area contributed by atoms with Crippen molar-refractivity contribution < 1.29 is 4.79 Å². The Hall–Kier alpha value is -0.810. The first-order valence-corrected chi connectivity index (χ1v) is 9.08. The van der Waals surface area contributed by atoms with Crippen LogP contribution in [0.4, 0.5) is 5.69 Å². The molecular formula is C19H31Cl2N3O. The molecule has 142 valence electrons. The highest BCUT2D eigenvalue weighted by molar-refractivity contribution is 5.93. The average Bonchev–Trinajstić information content (AvgIpc) is 3.05. The van der Waals surface area contributed by atoms with Crippen molar-refractivity contribution in [1.29, 1.82) is 0 Å². The minimum absolute atomic E-state index is 0. The van der Waals surface area contributed by atoms with E-state index in [1.807, 2.05) is 12.1 Å². The SMILES string of the molecule is Cl.Cl.NC[C@H]1CCC[C@H]1C(=O)Nc1cccc(CN2CCCCC2)c1. The van der Waals surface area contributed by atoms with Gasteiger partial charge >= 0.3 is 0 Å². The molecule has 0 unspecified atom stereocenters. The topological polar surface area (TPSA) is 58.4 Å². The van der Waals surface area contributed by atoms with Gasteiger partial charge in [0.15, 0.2) is 0 Å². The van der Waals surface area contributed by atoms with Crippen molar-refractivity contribution in [3.05, 3.63) is 29.8 Å². The molecule has 1 saturated heterocycles. The Morgan fingerprint density at radius 3 is 2.60 bits per heavy atom. The highest BCUT2D eigenvalue weighted by Gasteiger charge is 2.31. The maximum absolute atomic E-state index is 12.5. The van der Waals surface area contributed by atoms with Crippen LogP contribution in [0.5, 0.6) is 0 Å². The molecule has 4 nitrogen and oxygen atoms in total. The van der Waals surface area contributed by atoms with Crippen LogP contribution in [0.25, 0.3) is 0 Å². The number of hydrogen-bond donors (Lipinski definition) is 2. The van der Waals surface area contributed by atoms with Crippen molar-refractivity contribution in [2.75, 3.05) is 25.0 Å². The van der Waals surface area contributed by atoms with E-state index in [9.17, 15) is 4.79 Å². The van der Waals surface area contributed by atoms with Crippen LogP contribution in [0.3, 0.4) is 0 Å². The maximum Gasteiger partial charge on any atom is 0.227 e. The largest absolute Gasteiger partial charge is 0.330 e. The number of carbonyl (C=O) groups excluding carboxylic acids is 1. The molecule has 1 aromatic carbocycles. The summed E-state index contributed by atoms with van der Waals surface area (Å²) < 4.78 is 0. The first-order chi connectivity index (χ1) is 11.3. The van der Waals surface area contributed by atoms with Gasteiger partial charge in [0.2, 0.25) is 5.91 Å². The maximum atomic E-state index is 12.5. The number of anilines is 1. The van der Waals surface area contributed by atoms with Gasteiger partial charge in [-0.25, -0.2) is 0 Å². The minimum Gasteiger partial charge on any atom is -0.330 e. The van der Waals surface area contributed by atoms with E-state index >= 15 is 0 Å². The Morgan fingerprint density at radius 1 is 1.12 bits per heavy atom. The summed E-state index contributed by atoms with van der Waals surface area (Å²) in [7, 11) is 0.